The van der Waals surface area contributed by atoms with Gasteiger partial charge in [0.1, 0.15) is 25.9 Å². The SMILES string of the molecule is O=C(Nc1ccc2c(c1)OCCO2)c1ccc(-n2cnnc2)cc1Cl. The van der Waals surface area contributed by atoms with Crippen LogP contribution in [0.1, 0.15) is 10.4 Å². The lowest BCUT2D eigenvalue weighted by molar-refractivity contribution is 0.102. The number of fused-ring (bicyclic) bond motifs is 1. The van der Waals surface area contributed by atoms with Crippen molar-refractivity contribution < 1.29 is 14.3 Å². The summed E-state index contributed by atoms with van der Waals surface area (Å²) in [5, 5.41) is 10.6. The smallest absolute Gasteiger partial charge is 0.257 e. The lowest BCUT2D eigenvalue weighted by Crippen LogP contribution is -2.16. The standard InChI is InChI=1S/C17H13ClN4O3/c18-14-8-12(22-9-19-20-10-22)2-3-13(14)17(23)21-11-1-4-15-16(7-11)25-6-5-24-15/h1-4,7-10H,5-6H2,(H,21,23). The highest BCUT2D eigenvalue weighted by Gasteiger charge is 2.15. The molecule has 0 saturated heterocycles. The van der Waals surface area contributed by atoms with Gasteiger partial charge in [-0.2, -0.15) is 0 Å². The molecule has 25 heavy (non-hydrogen) atoms. The summed E-state index contributed by atoms with van der Waals surface area (Å²) < 4.78 is 12.7. The quantitative estimate of drug-likeness (QED) is 0.780. The van der Waals surface area contributed by atoms with E-state index < -0.39 is 0 Å². The molecule has 2 heterocycles. The summed E-state index contributed by atoms with van der Waals surface area (Å²) in [4.78, 5) is 12.5. The van der Waals surface area contributed by atoms with Crippen LogP contribution < -0.4 is 14.8 Å². The number of rotatable bonds is 3. The molecule has 0 radical (unpaired) electrons. The summed E-state index contributed by atoms with van der Waals surface area (Å²) >= 11 is 6.26. The van der Waals surface area contributed by atoms with Crippen LogP contribution in [0.3, 0.4) is 0 Å². The van der Waals surface area contributed by atoms with E-state index in [1.54, 1.807) is 53.6 Å². The fourth-order valence-electron chi connectivity index (χ4n) is 2.50. The van der Waals surface area contributed by atoms with Crippen LogP contribution in [-0.2, 0) is 0 Å². The Morgan fingerprint density at radius 2 is 1.80 bits per heavy atom. The fourth-order valence-corrected chi connectivity index (χ4v) is 2.76. The number of halogens is 1. The Balaban J connectivity index is 1.55. The van der Waals surface area contributed by atoms with Gasteiger partial charge in [-0.1, -0.05) is 11.6 Å². The molecular weight excluding hydrogens is 344 g/mol. The Morgan fingerprint density at radius 1 is 1.04 bits per heavy atom. The van der Waals surface area contributed by atoms with E-state index in [9.17, 15) is 4.79 Å². The number of hydrogen-bond donors (Lipinski definition) is 1. The minimum atomic E-state index is -0.308. The van der Waals surface area contributed by atoms with Gasteiger partial charge in [0.15, 0.2) is 11.5 Å². The third-order valence-corrected chi connectivity index (χ3v) is 4.03. The lowest BCUT2D eigenvalue weighted by Gasteiger charge is -2.19. The molecule has 4 rings (SSSR count). The number of nitrogens with one attached hydrogen (secondary N) is 1. The van der Waals surface area contributed by atoms with Gasteiger partial charge >= 0.3 is 0 Å². The molecule has 7 nitrogen and oxygen atoms in total. The van der Waals surface area contributed by atoms with Crippen molar-refractivity contribution >= 4 is 23.2 Å². The molecule has 1 N–H and O–H groups in total. The lowest BCUT2D eigenvalue weighted by atomic mass is 10.1. The number of carbonyl (C=O) groups excluding carboxylic acids is 1. The number of hydrogen-bond acceptors (Lipinski definition) is 5. The first-order valence-corrected chi connectivity index (χ1v) is 7.94. The second kappa shape index (κ2) is 6.45. The van der Waals surface area contributed by atoms with E-state index in [2.05, 4.69) is 15.5 Å². The highest BCUT2D eigenvalue weighted by molar-refractivity contribution is 6.34. The zero-order chi connectivity index (χ0) is 17.2. The van der Waals surface area contributed by atoms with E-state index in [1.807, 2.05) is 0 Å². The molecule has 0 unspecified atom stereocenters. The molecule has 0 saturated carbocycles. The number of ether oxygens (including phenoxy) is 2. The number of anilines is 1. The summed E-state index contributed by atoms with van der Waals surface area (Å²) in [6.07, 6.45) is 3.11. The molecule has 1 aliphatic heterocycles. The molecule has 126 valence electrons. The zero-order valence-corrected chi connectivity index (χ0v) is 13.7. The van der Waals surface area contributed by atoms with Crippen molar-refractivity contribution in [3.63, 3.8) is 0 Å². The van der Waals surface area contributed by atoms with Crippen LogP contribution in [0.2, 0.25) is 5.02 Å². The van der Waals surface area contributed by atoms with Gasteiger partial charge < -0.3 is 14.8 Å². The number of amides is 1. The molecule has 8 heteroatoms. The predicted octanol–water partition coefficient (Wildman–Crippen LogP) is 2.94. The molecule has 1 aliphatic rings. The molecule has 3 aromatic rings. The summed E-state index contributed by atoms with van der Waals surface area (Å²) in [5.74, 6) is 0.968. The summed E-state index contributed by atoms with van der Waals surface area (Å²) in [6.45, 7) is 1.01. The van der Waals surface area contributed by atoms with Crippen LogP contribution in [0.5, 0.6) is 11.5 Å². The minimum Gasteiger partial charge on any atom is -0.486 e. The predicted molar refractivity (Wildman–Crippen MR) is 91.8 cm³/mol. The van der Waals surface area contributed by atoms with E-state index in [0.717, 1.165) is 5.69 Å². The molecule has 2 aromatic carbocycles. The normalized spacial score (nSPS) is 12.7. The van der Waals surface area contributed by atoms with E-state index in [1.165, 1.54) is 0 Å². The van der Waals surface area contributed by atoms with E-state index in [-0.39, 0.29) is 5.91 Å². The molecule has 0 atom stereocenters. The molecule has 0 spiro atoms. The van der Waals surface area contributed by atoms with Crippen molar-refractivity contribution in [1.82, 2.24) is 14.8 Å². The van der Waals surface area contributed by atoms with Crippen molar-refractivity contribution in [2.45, 2.75) is 0 Å². The first-order chi connectivity index (χ1) is 12.2. The summed E-state index contributed by atoms with van der Waals surface area (Å²) in [5.41, 5.74) is 1.74. The maximum absolute atomic E-state index is 12.5. The Kier molecular flexibility index (Phi) is 3.99. The number of benzene rings is 2. The maximum atomic E-state index is 12.5. The second-order valence-corrected chi connectivity index (χ2v) is 5.75. The number of carbonyl (C=O) groups is 1. The van der Waals surface area contributed by atoms with Crippen molar-refractivity contribution in [2.75, 3.05) is 18.5 Å². The van der Waals surface area contributed by atoms with Gasteiger partial charge in [0.05, 0.1) is 10.6 Å². The van der Waals surface area contributed by atoms with Gasteiger partial charge in [0.2, 0.25) is 0 Å². The molecule has 0 aliphatic carbocycles. The van der Waals surface area contributed by atoms with Gasteiger partial charge in [-0.05, 0) is 30.3 Å². The zero-order valence-electron chi connectivity index (χ0n) is 13.0. The first kappa shape index (κ1) is 15.5. The fraction of sp³-hybridized carbons (Fsp3) is 0.118. The van der Waals surface area contributed by atoms with Crippen LogP contribution >= 0.6 is 11.6 Å². The van der Waals surface area contributed by atoms with Gasteiger partial charge in [-0.25, -0.2) is 0 Å². The van der Waals surface area contributed by atoms with Gasteiger partial charge in [-0.15, -0.1) is 10.2 Å². The Bertz CT molecular complexity index is 928. The molecule has 0 bridgehead atoms. The van der Waals surface area contributed by atoms with E-state index in [0.29, 0.717) is 41.0 Å². The molecule has 1 amide bonds. The monoisotopic (exact) mass is 356 g/mol. The molecular formula is C17H13ClN4O3. The van der Waals surface area contributed by atoms with Gasteiger partial charge in [0.25, 0.3) is 5.91 Å². The maximum Gasteiger partial charge on any atom is 0.257 e. The largest absolute Gasteiger partial charge is 0.486 e. The van der Waals surface area contributed by atoms with E-state index in [4.69, 9.17) is 21.1 Å². The Hall–Kier alpha value is -3.06. The van der Waals surface area contributed by atoms with Gasteiger partial charge in [0, 0.05) is 17.4 Å². The third-order valence-electron chi connectivity index (χ3n) is 3.71. The van der Waals surface area contributed by atoms with Crippen molar-refractivity contribution in [2.24, 2.45) is 0 Å². The average Bonchev–Trinajstić information content (AvgIpc) is 3.16. The summed E-state index contributed by atoms with van der Waals surface area (Å²) in [6, 6.07) is 10.4. The van der Waals surface area contributed by atoms with Crippen molar-refractivity contribution in [3.05, 3.63) is 59.6 Å². The number of nitrogens with zero attached hydrogens (tertiary/aromatic N) is 3. The Morgan fingerprint density at radius 3 is 2.56 bits per heavy atom. The molecule has 1 aromatic heterocycles. The minimum absolute atomic E-state index is 0.308. The Labute approximate surface area is 148 Å². The number of aromatic nitrogens is 3. The highest BCUT2D eigenvalue weighted by Crippen LogP contribution is 2.33. The average molecular weight is 357 g/mol. The summed E-state index contributed by atoms with van der Waals surface area (Å²) in [7, 11) is 0. The second-order valence-electron chi connectivity index (χ2n) is 5.35. The first-order valence-electron chi connectivity index (χ1n) is 7.56. The van der Waals surface area contributed by atoms with Crippen LogP contribution in [-0.4, -0.2) is 33.9 Å². The van der Waals surface area contributed by atoms with Crippen molar-refractivity contribution in [3.8, 4) is 17.2 Å². The third kappa shape index (κ3) is 3.14. The van der Waals surface area contributed by atoms with Gasteiger partial charge in [-0.3, -0.25) is 9.36 Å². The van der Waals surface area contributed by atoms with Crippen molar-refractivity contribution in [1.29, 1.82) is 0 Å². The van der Waals surface area contributed by atoms with Crippen LogP contribution in [0.15, 0.2) is 49.1 Å². The highest BCUT2D eigenvalue weighted by atomic mass is 35.5. The topological polar surface area (TPSA) is 78.3 Å². The molecule has 0 fully saturated rings. The van der Waals surface area contributed by atoms with Crippen LogP contribution in [0.25, 0.3) is 5.69 Å². The van der Waals surface area contributed by atoms with Crippen LogP contribution in [0, 0.1) is 0 Å². The van der Waals surface area contributed by atoms with Crippen LogP contribution in [0.4, 0.5) is 5.69 Å². The van der Waals surface area contributed by atoms with E-state index >= 15 is 0 Å².